The number of aliphatic hydroxyl groups is 2. The Hall–Kier alpha value is -6.08. The maximum Gasteiger partial charge on any atom is 0.306 e. The monoisotopic (exact) mass is 1180 g/mol. The number of ether oxygens (including phenoxy) is 4. The van der Waals surface area contributed by atoms with Crippen molar-refractivity contribution < 1.29 is 65.8 Å². The number of aromatic nitrogens is 4. The normalized spacial score (nSPS) is 12.5. The van der Waals surface area contributed by atoms with E-state index >= 15 is 0 Å². The number of sulfone groups is 2. The van der Waals surface area contributed by atoms with E-state index in [1.54, 1.807) is 12.1 Å². The van der Waals surface area contributed by atoms with Gasteiger partial charge in [-0.25, -0.2) is 16.8 Å². The summed E-state index contributed by atoms with van der Waals surface area (Å²) < 4.78 is 74.7. The van der Waals surface area contributed by atoms with Gasteiger partial charge in [0, 0.05) is 72.6 Å². The third-order valence-electron chi connectivity index (χ3n) is 11.5. The maximum atomic E-state index is 12.2. The molecule has 2 aromatic carbocycles. The molecule has 5 N–H and O–H groups in total. The van der Waals surface area contributed by atoms with E-state index in [-0.39, 0.29) is 85.7 Å². The number of aryl methyl sites for hydroxylation is 1. The van der Waals surface area contributed by atoms with Gasteiger partial charge >= 0.3 is 11.9 Å². The van der Waals surface area contributed by atoms with Crippen molar-refractivity contribution in [1.82, 2.24) is 25.3 Å². The van der Waals surface area contributed by atoms with Crippen LogP contribution in [0, 0.1) is 13.8 Å². The van der Waals surface area contributed by atoms with Crippen LogP contribution in [0.2, 0.25) is 0 Å². The second-order valence-electron chi connectivity index (χ2n) is 17.4. The van der Waals surface area contributed by atoms with Crippen molar-refractivity contribution in [2.24, 2.45) is 0 Å². The molecule has 6 rings (SSSR count). The smallest absolute Gasteiger partial charge is 0.306 e. The average Bonchev–Trinajstić information content (AvgIpc) is 3.32. The van der Waals surface area contributed by atoms with Crippen LogP contribution in [-0.2, 0) is 68.7 Å². The summed E-state index contributed by atoms with van der Waals surface area (Å²) >= 11 is 7.16. The van der Waals surface area contributed by atoms with Crippen molar-refractivity contribution in [1.29, 1.82) is 0 Å². The minimum atomic E-state index is -3.53. The Morgan fingerprint density at radius 1 is 0.608 bits per heavy atom. The molecule has 0 fully saturated rings. The lowest BCUT2D eigenvalue weighted by molar-refractivity contribution is -0.140. The van der Waals surface area contributed by atoms with Crippen molar-refractivity contribution in [3.63, 3.8) is 0 Å². The summed E-state index contributed by atoms with van der Waals surface area (Å²) in [5.74, 6) is -1.45. The molecule has 0 saturated heterocycles. The van der Waals surface area contributed by atoms with Crippen molar-refractivity contribution in [3.8, 4) is 34.6 Å². The topological polar surface area (TPSA) is 284 Å². The minimum absolute atomic E-state index is 0.0199. The predicted octanol–water partition coefficient (Wildman–Crippen LogP) is 7.28. The Morgan fingerprint density at radius 3 is 1.53 bits per heavy atom. The van der Waals surface area contributed by atoms with Crippen LogP contribution in [0.4, 0.5) is 0 Å². The van der Waals surface area contributed by atoms with Crippen LogP contribution in [0.25, 0.3) is 11.1 Å². The highest BCUT2D eigenvalue weighted by Gasteiger charge is 2.20. The van der Waals surface area contributed by atoms with Crippen LogP contribution < -0.4 is 24.3 Å². The number of aliphatic carboxylic acids is 2. The number of carbonyl (C=O) groups is 2. The number of pyridine rings is 4. The van der Waals surface area contributed by atoms with E-state index in [4.69, 9.17) is 34.1 Å². The Balaban J connectivity index is 1.20. The molecule has 4 aromatic heterocycles. The number of nitrogens with zero attached hydrogens (tertiary/aromatic N) is 4. The molecule has 19 nitrogen and oxygen atoms in total. The molecule has 6 aromatic rings. The van der Waals surface area contributed by atoms with Gasteiger partial charge in [-0.05, 0) is 123 Å². The van der Waals surface area contributed by atoms with Gasteiger partial charge < -0.3 is 44.7 Å². The molecule has 0 amide bonds. The van der Waals surface area contributed by atoms with Gasteiger partial charge in [-0.1, -0.05) is 36.4 Å². The highest BCUT2D eigenvalue weighted by atomic mass is 79.9. The molecular weight excluding hydrogens is 1130 g/mol. The Morgan fingerprint density at radius 2 is 1.05 bits per heavy atom. The number of rotatable bonds is 27. The minimum Gasteiger partial charge on any atom is -0.481 e. The van der Waals surface area contributed by atoms with E-state index in [0.29, 0.717) is 44.0 Å². The Kier molecular flexibility index (Phi) is 20.0. The molecule has 0 saturated carbocycles. The SMILES string of the molecule is Cc1c(COc2nc(OCc3cncc(S(C)(=O)=O)c3)c(CCC[C@@H](O)CC(=O)O)cc2Br)cccc1-c1cccc(COc2nc(OCc3cncc(S(C)(=O)=O)c3)c(CNC[C@@H](O)CC(=O)O)cc2Br)c1C. The quantitative estimate of drug-likeness (QED) is 0.0339. The molecule has 0 radical (unpaired) electrons. The van der Waals surface area contributed by atoms with Gasteiger partial charge in [0.05, 0.1) is 43.8 Å². The first-order valence-corrected chi connectivity index (χ1v) is 28.3. The van der Waals surface area contributed by atoms with Gasteiger partial charge in [0.1, 0.15) is 26.4 Å². The summed E-state index contributed by atoms with van der Waals surface area (Å²) in [6.07, 6.45) is 5.71. The lowest BCUT2D eigenvalue weighted by atomic mass is 9.92. The van der Waals surface area contributed by atoms with E-state index in [9.17, 15) is 36.6 Å². The zero-order valence-corrected chi connectivity index (χ0v) is 45.6. The van der Waals surface area contributed by atoms with Crippen LogP contribution in [0.1, 0.15) is 70.2 Å². The van der Waals surface area contributed by atoms with Crippen LogP contribution in [-0.4, -0.2) is 100 Å². The number of aliphatic hydroxyl groups excluding tert-OH is 2. The maximum absolute atomic E-state index is 12.2. The van der Waals surface area contributed by atoms with Gasteiger partial charge in [0.2, 0.25) is 23.5 Å². The molecule has 0 bridgehead atoms. The van der Waals surface area contributed by atoms with Crippen LogP contribution in [0.15, 0.2) is 104 Å². The fourth-order valence-corrected chi connectivity index (χ4v) is 9.77. The van der Waals surface area contributed by atoms with Crippen LogP contribution in [0.5, 0.6) is 23.5 Å². The second kappa shape index (κ2) is 25.9. The fraction of sp³-hybridized carbons (Fsp3) is 0.333. The summed E-state index contributed by atoms with van der Waals surface area (Å²) in [5, 5.41) is 41.5. The highest BCUT2D eigenvalue weighted by Crippen LogP contribution is 2.36. The van der Waals surface area contributed by atoms with Gasteiger partial charge in [-0.3, -0.25) is 19.6 Å². The molecule has 74 heavy (non-hydrogen) atoms. The Bertz CT molecular complexity index is 3010. The third kappa shape index (κ3) is 16.5. The highest BCUT2D eigenvalue weighted by molar-refractivity contribution is 9.11. The van der Waals surface area contributed by atoms with E-state index in [0.717, 1.165) is 45.9 Å². The van der Waals surface area contributed by atoms with Gasteiger partial charge in [-0.15, -0.1) is 0 Å². The van der Waals surface area contributed by atoms with Crippen molar-refractivity contribution in [3.05, 3.63) is 139 Å². The molecule has 2 atom stereocenters. The zero-order chi connectivity index (χ0) is 53.7. The van der Waals surface area contributed by atoms with Crippen LogP contribution >= 0.6 is 31.9 Å². The molecule has 23 heteroatoms. The second-order valence-corrected chi connectivity index (χ2v) is 23.2. The van der Waals surface area contributed by atoms with E-state index in [2.05, 4.69) is 52.1 Å². The third-order valence-corrected chi connectivity index (χ3v) is 14.8. The molecule has 394 valence electrons. The molecule has 0 spiro atoms. The lowest BCUT2D eigenvalue weighted by Crippen LogP contribution is -2.28. The first-order chi connectivity index (χ1) is 35.0. The van der Waals surface area contributed by atoms with Crippen molar-refractivity contribution >= 4 is 63.5 Å². The number of hydrogen-bond acceptors (Lipinski definition) is 17. The largest absolute Gasteiger partial charge is 0.481 e. The lowest BCUT2D eigenvalue weighted by Gasteiger charge is -2.18. The van der Waals surface area contributed by atoms with E-state index in [1.807, 2.05) is 50.2 Å². The molecule has 4 heterocycles. The number of hydrogen-bond donors (Lipinski definition) is 5. The molecule has 0 aliphatic carbocycles. The standard InChI is InChI=1S/C51H55Br2N5O14S2/c1-30-35(28-71-50-44(52)16-34(8-5-11-38(59)18-46(61)62)48(57-50)69-26-32-14-40(24-54-20-32)73(3,65)66)9-6-12-42(30)43-13-7-10-36(31(43)2)29-72-51-45(53)17-37(22-56-23-39(60)19-47(63)64)49(58-51)70-27-33-15-41(25-55-21-33)74(4,67)68/h6-7,9-10,12-17,20-21,24-25,38-39,56,59-60H,5,8,11,18-19,22-23,26-29H2,1-4H3,(H,61,62)(H,63,64)/t38-,39+/m1/s1. The summed E-state index contributed by atoms with van der Waals surface area (Å²) in [7, 11) is -7.06. The summed E-state index contributed by atoms with van der Waals surface area (Å²) in [5.41, 5.74) is 7.66. The summed E-state index contributed by atoms with van der Waals surface area (Å²) in [6, 6.07) is 18.2. The number of nitrogens with one attached hydrogen (secondary N) is 1. The fourth-order valence-electron chi connectivity index (χ4n) is 7.57. The van der Waals surface area contributed by atoms with Crippen LogP contribution in [0.3, 0.4) is 0 Å². The number of benzene rings is 2. The Labute approximate surface area is 445 Å². The summed E-state index contributed by atoms with van der Waals surface area (Å²) in [6.45, 7) is 4.17. The first kappa shape index (κ1) is 57.2. The van der Waals surface area contributed by atoms with Crippen molar-refractivity contribution in [2.45, 2.75) is 101 Å². The van der Waals surface area contributed by atoms with Gasteiger partial charge in [0.15, 0.2) is 19.7 Å². The van der Waals surface area contributed by atoms with E-state index in [1.165, 1.54) is 36.9 Å². The van der Waals surface area contributed by atoms with Gasteiger partial charge in [0.25, 0.3) is 0 Å². The number of halogens is 2. The zero-order valence-electron chi connectivity index (χ0n) is 40.7. The first-order valence-electron chi connectivity index (χ1n) is 22.9. The van der Waals surface area contributed by atoms with Gasteiger partial charge in [-0.2, -0.15) is 9.97 Å². The average molecular weight is 1190 g/mol. The predicted molar refractivity (Wildman–Crippen MR) is 278 cm³/mol. The molecular formula is C51H55Br2N5O14S2. The van der Waals surface area contributed by atoms with E-state index < -0.39 is 50.2 Å². The molecule has 0 aliphatic heterocycles. The molecule has 0 unspecified atom stereocenters. The number of carboxylic acids is 2. The summed E-state index contributed by atoms with van der Waals surface area (Å²) in [4.78, 5) is 39.7. The number of carboxylic acid groups (broad SMARTS) is 2. The van der Waals surface area contributed by atoms with Crippen molar-refractivity contribution in [2.75, 3.05) is 19.1 Å². The molecule has 0 aliphatic rings.